The summed E-state index contributed by atoms with van der Waals surface area (Å²) < 4.78 is 0. The first-order chi connectivity index (χ1) is 11.3. The lowest BCUT2D eigenvalue weighted by molar-refractivity contribution is 0.112. The van der Waals surface area contributed by atoms with Crippen molar-refractivity contribution in [2.45, 2.75) is 26.2 Å². The number of aldehydes is 1. The van der Waals surface area contributed by atoms with Crippen LogP contribution >= 0.6 is 0 Å². The molecule has 0 aromatic heterocycles. The normalized spacial score (nSPS) is 15.1. The highest BCUT2D eigenvalue weighted by atomic mass is 16.1. The molecule has 0 saturated heterocycles. The molecule has 0 spiro atoms. The van der Waals surface area contributed by atoms with Crippen LogP contribution in [0.5, 0.6) is 0 Å². The van der Waals surface area contributed by atoms with Gasteiger partial charge in [-0.1, -0.05) is 79.3 Å². The fourth-order valence-corrected chi connectivity index (χ4v) is 3.10. The Hall–Kier alpha value is -2.41. The maximum absolute atomic E-state index is 10.7. The topological polar surface area (TPSA) is 17.1 Å². The van der Waals surface area contributed by atoms with Gasteiger partial charge in [0.2, 0.25) is 0 Å². The molecule has 1 aliphatic rings. The van der Waals surface area contributed by atoms with Crippen LogP contribution in [0.4, 0.5) is 0 Å². The molecule has 0 bridgehead atoms. The van der Waals surface area contributed by atoms with E-state index in [1.165, 1.54) is 24.0 Å². The van der Waals surface area contributed by atoms with Crippen LogP contribution in [0.3, 0.4) is 0 Å². The molecule has 0 unspecified atom stereocenters. The number of allylic oxidation sites excluding steroid dienone is 4. The molecule has 1 atom stereocenters. The van der Waals surface area contributed by atoms with Gasteiger partial charge >= 0.3 is 0 Å². The van der Waals surface area contributed by atoms with Crippen LogP contribution in [-0.4, -0.2) is 6.29 Å². The Balaban J connectivity index is 1.70. The lowest BCUT2D eigenvalue weighted by Crippen LogP contribution is -2.05. The largest absolute Gasteiger partial charge is 0.298 e. The number of carbonyl (C=O) groups is 1. The third kappa shape index (κ3) is 3.87. The standard InChI is InChI=1S/C22H22O/c1-17(20-5-3-2-4-6-20)15-18-7-11-21(12-8-18)22-13-9-19(16-23)10-14-22/h2-3,5,7-14,16-17H,4,6,15H2,1H3/t17-/m1/s1. The minimum Gasteiger partial charge on any atom is -0.298 e. The van der Waals surface area contributed by atoms with E-state index in [2.05, 4.69) is 49.4 Å². The van der Waals surface area contributed by atoms with Crippen LogP contribution in [0.1, 0.15) is 35.7 Å². The highest BCUT2D eigenvalue weighted by Gasteiger charge is 2.10. The molecule has 116 valence electrons. The molecular weight excluding hydrogens is 280 g/mol. The van der Waals surface area contributed by atoms with Gasteiger partial charge in [0.25, 0.3) is 0 Å². The SMILES string of the molecule is C[C@H](Cc1ccc(-c2ccc(C=O)cc2)cc1)C1=CC=CCC1. The van der Waals surface area contributed by atoms with Gasteiger partial charge in [-0.2, -0.15) is 0 Å². The summed E-state index contributed by atoms with van der Waals surface area (Å²) in [5, 5.41) is 0. The van der Waals surface area contributed by atoms with Crippen LogP contribution in [0.2, 0.25) is 0 Å². The van der Waals surface area contributed by atoms with E-state index in [0.29, 0.717) is 11.5 Å². The monoisotopic (exact) mass is 302 g/mol. The molecule has 0 saturated carbocycles. The van der Waals surface area contributed by atoms with Gasteiger partial charge in [0.1, 0.15) is 6.29 Å². The van der Waals surface area contributed by atoms with Gasteiger partial charge in [-0.25, -0.2) is 0 Å². The van der Waals surface area contributed by atoms with Crippen molar-refractivity contribution in [3.63, 3.8) is 0 Å². The molecule has 0 aliphatic heterocycles. The molecule has 1 nitrogen and oxygen atoms in total. The molecule has 0 heterocycles. The quantitative estimate of drug-likeness (QED) is 0.655. The van der Waals surface area contributed by atoms with Crippen molar-refractivity contribution >= 4 is 6.29 Å². The summed E-state index contributed by atoms with van der Waals surface area (Å²) in [6, 6.07) is 16.5. The highest BCUT2D eigenvalue weighted by Crippen LogP contribution is 2.25. The number of hydrogen-bond donors (Lipinski definition) is 0. The molecule has 3 rings (SSSR count). The van der Waals surface area contributed by atoms with Crippen LogP contribution < -0.4 is 0 Å². The summed E-state index contributed by atoms with van der Waals surface area (Å²) in [5.74, 6) is 0.595. The van der Waals surface area contributed by atoms with Gasteiger partial charge in [-0.15, -0.1) is 0 Å². The Kier molecular flexibility index (Phi) is 4.87. The Bertz CT molecular complexity index is 718. The highest BCUT2D eigenvalue weighted by molar-refractivity contribution is 5.76. The second-order valence-corrected chi connectivity index (χ2v) is 6.25. The third-order valence-corrected chi connectivity index (χ3v) is 4.55. The van der Waals surface area contributed by atoms with E-state index in [0.717, 1.165) is 18.3 Å². The fraction of sp³-hybridized carbons (Fsp3) is 0.227. The molecule has 2 aromatic carbocycles. The Labute approximate surface area is 138 Å². The van der Waals surface area contributed by atoms with Crippen LogP contribution in [0.15, 0.2) is 72.3 Å². The fourth-order valence-electron chi connectivity index (χ4n) is 3.10. The van der Waals surface area contributed by atoms with Crippen LogP contribution in [0, 0.1) is 5.92 Å². The maximum Gasteiger partial charge on any atom is 0.150 e. The number of hydrogen-bond acceptors (Lipinski definition) is 1. The van der Waals surface area contributed by atoms with Gasteiger partial charge in [-0.05, 0) is 41.9 Å². The zero-order chi connectivity index (χ0) is 16.1. The predicted molar refractivity (Wildman–Crippen MR) is 96.6 cm³/mol. The van der Waals surface area contributed by atoms with Crippen molar-refractivity contribution in [3.8, 4) is 11.1 Å². The molecule has 1 heteroatoms. The molecular formula is C22H22O. The van der Waals surface area contributed by atoms with Crippen molar-refractivity contribution < 1.29 is 4.79 Å². The van der Waals surface area contributed by atoms with Gasteiger partial charge in [0.05, 0.1) is 0 Å². The van der Waals surface area contributed by atoms with E-state index < -0.39 is 0 Å². The Morgan fingerprint density at radius 2 is 1.65 bits per heavy atom. The molecule has 0 radical (unpaired) electrons. The van der Waals surface area contributed by atoms with E-state index in [9.17, 15) is 4.79 Å². The molecule has 2 aromatic rings. The lowest BCUT2D eigenvalue weighted by Gasteiger charge is -2.17. The molecule has 0 N–H and O–H groups in total. The van der Waals surface area contributed by atoms with Crippen molar-refractivity contribution in [2.75, 3.05) is 0 Å². The maximum atomic E-state index is 10.7. The second-order valence-electron chi connectivity index (χ2n) is 6.25. The van der Waals surface area contributed by atoms with E-state index in [4.69, 9.17) is 0 Å². The average Bonchev–Trinajstić information content (AvgIpc) is 2.63. The average molecular weight is 302 g/mol. The van der Waals surface area contributed by atoms with Crippen molar-refractivity contribution in [3.05, 3.63) is 83.5 Å². The van der Waals surface area contributed by atoms with Gasteiger partial charge < -0.3 is 0 Å². The van der Waals surface area contributed by atoms with Crippen LogP contribution in [-0.2, 0) is 6.42 Å². The van der Waals surface area contributed by atoms with E-state index in [-0.39, 0.29) is 0 Å². The van der Waals surface area contributed by atoms with E-state index >= 15 is 0 Å². The summed E-state index contributed by atoms with van der Waals surface area (Å²) in [6.45, 7) is 2.32. The summed E-state index contributed by atoms with van der Waals surface area (Å²) in [6.07, 6.45) is 11.0. The van der Waals surface area contributed by atoms with E-state index in [1.807, 2.05) is 24.3 Å². The number of rotatable bonds is 5. The van der Waals surface area contributed by atoms with Gasteiger partial charge in [0.15, 0.2) is 0 Å². The molecule has 0 fully saturated rings. The summed E-state index contributed by atoms with van der Waals surface area (Å²) in [4.78, 5) is 10.7. The smallest absolute Gasteiger partial charge is 0.150 e. The van der Waals surface area contributed by atoms with E-state index in [1.54, 1.807) is 5.57 Å². The van der Waals surface area contributed by atoms with Crippen molar-refractivity contribution in [1.82, 2.24) is 0 Å². The first kappa shape index (κ1) is 15.5. The third-order valence-electron chi connectivity index (χ3n) is 4.55. The summed E-state index contributed by atoms with van der Waals surface area (Å²) >= 11 is 0. The molecule has 23 heavy (non-hydrogen) atoms. The minimum absolute atomic E-state index is 0.595. The minimum atomic E-state index is 0.595. The second kappa shape index (κ2) is 7.23. The molecule has 0 amide bonds. The van der Waals surface area contributed by atoms with Crippen LogP contribution in [0.25, 0.3) is 11.1 Å². The Morgan fingerprint density at radius 3 is 2.22 bits per heavy atom. The van der Waals surface area contributed by atoms with Crippen molar-refractivity contribution in [2.24, 2.45) is 5.92 Å². The summed E-state index contributed by atoms with van der Waals surface area (Å²) in [7, 11) is 0. The summed E-state index contributed by atoms with van der Waals surface area (Å²) in [5.41, 5.74) is 5.99. The number of benzene rings is 2. The Morgan fingerprint density at radius 1 is 1.00 bits per heavy atom. The predicted octanol–water partition coefficient (Wildman–Crippen LogP) is 5.62. The lowest BCUT2D eigenvalue weighted by atomic mass is 9.88. The first-order valence-corrected chi connectivity index (χ1v) is 8.26. The first-order valence-electron chi connectivity index (χ1n) is 8.26. The zero-order valence-corrected chi connectivity index (χ0v) is 13.5. The van der Waals surface area contributed by atoms with Crippen molar-refractivity contribution in [1.29, 1.82) is 0 Å². The van der Waals surface area contributed by atoms with Gasteiger partial charge in [-0.3, -0.25) is 4.79 Å². The van der Waals surface area contributed by atoms with Gasteiger partial charge in [0, 0.05) is 5.56 Å². The zero-order valence-electron chi connectivity index (χ0n) is 13.5. The molecule has 1 aliphatic carbocycles. The number of carbonyl (C=O) groups excluding carboxylic acids is 1.